The minimum atomic E-state index is -0.306. The molecule has 144 valence electrons. The summed E-state index contributed by atoms with van der Waals surface area (Å²) < 4.78 is 6.44. The van der Waals surface area contributed by atoms with Gasteiger partial charge in [-0.15, -0.1) is 0 Å². The number of nitrogens with one attached hydrogen (secondary N) is 1. The Balaban J connectivity index is 1.59. The molecule has 0 aliphatic heterocycles. The maximum absolute atomic E-state index is 12.1. The normalized spacial score (nSPS) is 11.7. The van der Waals surface area contributed by atoms with Gasteiger partial charge in [0.25, 0.3) is 5.91 Å². The molecule has 0 aliphatic rings. The molecule has 0 radical (unpaired) electrons. The number of benzene rings is 3. The Labute approximate surface area is 173 Å². The van der Waals surface area contributed by atoms with Crippen molar-refractivity contribution in [2.75, 3.05) is 6.61 Å². The van der Waals surface area contributed by atoms with Gasteiger partial charge in [0.15, 0.2) is 6.61 Å². The van der Waals surface area contributed by atoms with E-state index in [4.69, 9.17) is 4.74 Å². The zero-order chi connectivity index (χ0) is 20.1. The molecule has 5 heteroatoms. The van der Waals surface area contributed by atoms with Crippen molar-refractivity contribution in [3.63, 3.8) is 0 Å². The molecular weight excluding hydrogens is 416 g/mol. The Morgan fingerprint density at radius 1 is 1.07 bits per heavy atom. The van der Waals surface area contributed by atoms with Crippen LogP contribution >= 0.6 is 15.9 Å². The molecule has 0 aliphatic carbocycles. The number of amides is 1. The van der Waals surface area contributed by atoms with E-state index in [0.29, 0.717) is 11.7 Å². The molecule has 4 nitrogen and oxygen atoms in total. The second-order valence-electron chi connectivity index (χ2n) is 6.93. The summed E-state index contributed by atoms with van der Waals surface area (Å²) >= 11 is 3.49. The van der Waals surface area contributed by atoms with E-state index in [0.717, 1.165) is 21.1 Å². The minimum Gasteiger partial charge on any atom is -0.483 e. The molecule has 0 saturated heterocycles. The molecule has 3 aromatic carbocycles. The highest BCUT2D eigenvalue weighted by Crippen LogP contribution is 2.28. The molecule has 0 spiro atoms. The second kappa shape index (κ2) is 9.02. The average molecular weight is 439 g/mol. The number of nitrogens with zero attached hydrogens (tertiary/aromatic N) is 1. The number of hydrazone groups is 1. The number of fused-ring (bicyclic) bond motifs is 1. The third-order valence-electron chi connectivity index (χ3n) is 4.50. The first-order valence-electron chi connectivity index (χ1n) is 9.18. The summed E-state index contributed by atoms with van der Waals surface area (Å²) in [5.41, 5.74) is 5.47. The molecule has 0 unspecified atom stereocenters. The van der Waals surface area contributed by atoms with Crippen molar-refractivity contribution in [1.29, 1.82) is 0 Å². The summed E-state index contributed by atoms with van der Waals surface area (Å²) in [6, 6.07) is 20.1. The molecule has 1 N–H and O–H groups in total. The van der Waals surface area contributed by atoms with Gasteiger partial charge in [0.1, 0.15) is 5.75 Å². The molecule has 3 aromatic rings. The highest BCUT2D eigenvalue weighted by Gasteiger charge is 2.08. The first-order chi connectivity index (χ1) is 13.4. The van der Waals surface area contributed by atoms with Gasteiger partial charge >= 0.3 is 0 Å². The van der Waals surface area contributed by atoms with Crippen LogP contribution in [-0.2, 0) is 4.79 Å². The maximum Gasteiger partial charge on any atom is 0.277 e. The van der Waals surface area contributed by atoms with Gasteiger partial charge in [0, 0.05) is 0 Å². The first-order valence-corrected chi connectivity index (χ1v) is 9.98. The molecule has 0 atom stereocenters. The smallest absolute Gasteiger partial charge is 0.277 e. The highest BCUT2D eigenvalue weighted by atomic mass is 79.9. The summed E-state index contributed by atoms with van der Waals surface area (Å²) in [7, 11) is 0. The van der Waals surface area contributed by atoms with Crippen LogP contribution in [0.15, 0.2) is 70.2 Å². The molecule has 1 amide bonds. The molecule has 0 aromatic heterocycles. The monoisotopic (exact) mass is 438 g/mol. The van der Waals surface area contributed by atoms with E-state index >= 15 is 0 Å². The van der Waals surface area contributed by atoms with Gasteiger partial charge in [-0.2, -0.15) is 5.10 Å². The van der Waals surface area contributed by atoms with Crippen LogP contribution in [0.3, 0.4) is 0 Å². The average Bonchev–Trinajstić information content (AvgIpc) is 2.70. The van der Waals surface area contributed by atoms with Crippen LogP contribution < -0.4 is 10.2 Å². The van der Waals surface area contributed by atoms with Gasteiger partial charge in [-0.25, -0.2) is 5.43 Å². The van der Waals surface area contributed by atoms with E-state index in [2.05, 4.69) is 58.5 Å². The van der Waals surface area contributed by atoms with Crippen LogP contribution in [0.5, 0.6) is 5.75 Å². The van der Waals surface area contributed by atoms with Crippen LogP contribution in [0, 0.1) is 0 Å². The largest absolute Gasteiger partial charge is 0.483 e. The fourth-order valence-corrected chi connectivity index (χ4v) is 3.30. The minimum absolute atomic E-state index is 0.103. The number of halogens is 1. The van der Waals surface area contributed by atoms with Gasteiger partial charge in [-0.3, -0.25) is 4.79 Å². The maximum atomic E-state index is 12.1. The van der Waals surface area contributed by atoms with Gasteiger partial charge in [0.05, 0.1) is 10.2 Å². The summed E-state index contributed by atoms with van der Waals surface area (Å²) in [5, 5.41) is 6.51. The molecule has 3 rings (SSSR count). The molecule has 0 saturated carbocycles. The van der Waals surface area contributed by atoms with E-state index in [1.807, 2.05) is 49.4 Å². The quantitative estimate of drug-likeness (QED) is 0.399. The Hall–Kier alpha value is -2.66. The van der Waals surface area contributed by atoms with E-state index in [1.54, 1.807) is 0 Å². The SMILES string of the molecule is CC(=NNC(=O)COc1ccc(C(C)C)cc1Br)c1ccc2ccccc2c1. The standard InChI is InChI=1S/C23H23BrN2O2/c1-15(2)18-10-11-22(21(24)13-18)28-14-23(27)26-25-16(3)19-9-8-17-6-4-5-7-20(17)12-19/h4-13,15H,14H2,1-3H3,(H,26,27). The molecular formula is C23H23BrN2O2. The van der Waals surface area contributed by atoms with E-state index in [1.165, 1.54) is 10.9 Å². The Morgan fingerprint density at radius 3 is 2.54 bits per heavy atom. The van der Waals surface area contributed by atoms with Gasteiger partial charge < -0.3 is 4.74 Å². The van der Waals surface area contributed by atoms with Crippen LogP contribution in [-0.4, -0.2) is 18.2 Å². The van der Waals surface area contributed by atoms with Crippen molar-refractivity contribution in [3.05, 3.63) is 76.3 Å². The lowest BCUT2D eigenvalue weighted by Crippen LogP contribution is -2.25. The van der Waals surface area contributed by atoms with Crippen molar-refractivity contribution in [1.82, 2.24) is 5.43 Å². The van der Waals surface area contributed by atoms with E-state index in [9.17, 15) is 4.79 Å². The zero-order valence-corrected chi connectivity index (χ0v) is 17.8. The predicted octanol–water partition coefficient (Wildman–Crippen LogP) is 5.64. The molecule has 28 heavy (non-hydrogen) atoms. The number of hydrogen-bond acceptors (Lipinski definition) is 3. The number of carbonyl (C=O) groups is 1. The van der Waals surface area contributed by atoms with Crippen molar-refractivity contribution in [3.8, 4) is 5.75 Å². The van der Waals surface area contributed by atoms with Crippen molar-refractivity contribution < 1.29 is 9.53 Å². The van der Waals surface area contributed by atoms with E-state index in [-0.39, 0.29) is 12.5 Å². The fraction of sp³-hybridized carbons (Fsp3) is 0.217. The van der Waals surface area contributed by atoms with Crippen LogP contribution in [0.2, 0.25) is 0 Å². The highest BCUT2D eigenvalue weighted by molar-refractivity contribution is 9.10. The van der Waals surface area contributed by atoms with E-state index < -0.39 is 0 Å². The van der Waals surface area contributed by atoms with Gasteiger partial charge in [-0.05, 0) is 68.9 Å². The second-order valence-corrected chi connectivity index (χ2v) is 7.78. The molecule has 0 bridgehead atoms. The molecule has 0 fully saturated rings. The lowest BCUT2D eigenvalue weighted by Gasteiger charge is -2.11. The Morgan fingerprint density at radius 2 is 1.82 bits per heavy atom. The summed E-state index contributed by atoms with van der Waals surface area (Å²) in [4.78, 5) is 12.1. The number of hydrogen-bond donors (Lipinski definition) is 1. The van der Waals surface area contributed by atoms with Crippen molar-refractivity contribution in [2.45, 2.75) is 26.7 Å². The lowest BCUT2D eigenvalue weighted by atomic mass is 10.0. The van der Waals surface area contributed by atoms with Crippen LogP contribution in [0.1, 0.15) is 37.8 Å². The number of carbonyl (C=O) groups excluding carboxylic acids is 1. The van der Waals surface area contributed by atoms with Gasteiger partial charge in [-0.1, -0.05) is 56.3 Å². The topological polar surface area (TPSA) is 50.7 Å². The lowest BCUT2D eigenvalue weighted by molar-refractivity contribution is -0.123. The first kappa shape index (κ1) is 20.1. The number of rotatable bonds is 6. The van der Waals surface area contributed by atoms with Crippen molar-refractivity contribution in [2.24, 2.45) is 5.10 Å². The fourth-order valence-electron chi connectivity index (χ4n) is 2.79. The van der Waals surface area contributed by atoms with Crippen LogP contribution in [0.4, 0.5) is 0 Å². The van der Waals surface area contributed by atoms with Gasteiger partial charge in [0.2, 0.25) is 0 Å². The Kier molecular flexibility index (Phi) is 6.47. The third kappa shape index (κ3) is 4.98. The summed E-state index contributed by atoms with van der Waals surface area (Å²) in [5.74, 6) is 0.760. The van der Waals surface area contributed by atoms with Crippen LogP contribution in [0.25, 0.3) is 10.8 Å². The van der Waals surface area contributed by atoms with Crippen molar-refractivity contribution >= 4 is 38.3 Å². The third-order valence-corrected chi connectivity index (χ3v) is 5.12. The predicted molar refractivity (Wildman–Crippen MR) is 118 cm³/mol. The summed E-state index contributed by atoms with van der Waals surface area (Å²) in [6.45, 7) is 6.03. The number of ether oxygens (including phenoxy) is 1. The zero-order valence-electron chi connectivity index (χ0n) is 16.2. The summed E-state index contributed by atoms with van der Waals surface area (Å²) in [6.07, 6.45) is 0. The Bertz CT molecular complexity index is 1030. The molecule has 0 heterocycles.